The van der Waals surface area contributed by atoms with Crippen LogP contribution in [0.25, 0.3) is 22.2 Å². The molecule has 31 heavy (non-hydrogen) atoms. The molecule has 4 heteroatoms. The Morgan fingerprint density at radius 2 is 1.65 bits per heavy atom. The largest absolute Gasteiger partial charge is 0.350 e. The quantitative estimate of drug-likeness (QED) is 0.410. The summed E-state index contributed by atoms with van der Waals surface area (Å²) in [5, 5.41) is 3.08. The zero-order chi connectivity index (χ0) is 21.8. The number of carbonyl (C=O) groups excluding carboxylic acids is 1. The molecular formula is C27H29N3O. The molecule has 0 aliphatic carbocycles. The van der Waals surface area contributed by atoms with Crippen LogP contribution in [0.1, 0.15) is 43.1 Å². The minimum atomic E-state index is -0.0406. The normalized spacial score (nSPS) is 12.3. The average Bonchev–Trinajstić information content (AvgIpc) is 3.16. The molecule has 0 saturated heterocycles. The molecular weight excluding hydrogens is 382 g/mol. The second kappa shape index (κ2) is 9.17. The van der Waals surface area contributed by atoms with Gasteiger partial charge in [-0.1, -0.05) is 68.4 Å². The molecule has 0 fully saturated rings. The summed E-state index contributed by atoms with van der Waals surface area (Å²) in [5.41, 5.74) is 6.16. The first-order valence-electron chi connectivity index (χ1n) is 10.9. The molecule has 1 N–H and O–H groups in total. The predicted octanol–water partition coefficient (Wildman–Crippen LogP) is 5.92. The van der Waals surface area contributed by atoms with Crippen LogP contribution in [0.2, 0.25) is 0 Å². The van der Waals surface area contributed by atoms with Crippen molar-refractivity contribution in [3.8, 4) is 11.1 Å². The van der Waals surface area contributed by atoms with Crippen molar-refractivity contribution in [2.45, 2.75) is 39.8 Å². The van der Waals surface area contributed by atoms with Gasteiger partial charge in [-0.2, -0.15) is 0 Å². The van der Waals surface area contributed by atoms with Gasteiger partial charge in [0.2, 0.25) is 0 Å². The molecule has 0 radical (unpaired) electrons. The minimum Gasteiger partial charge on any atom is -0.350 e. The second-order valence-electron chi connectivity index (χ2n) is 8.64. The molecule has 158 valence electrons. The maximum Gasteiger partial charge on any atom is 0.251 e. The molecule has 4 aromatic rings. The van der Waals surface area contributed by atoms with Gasteiger partial charge >= 0.3 is 0 Å². The Bertz CT molecular complexity index is 1160. The van der Waals surface area contributed by atoms with Gasteiger partial charge in [-0.25, -0.2) is 4.98 Å². The first-order valence-corrected chi connectivity index (χ1v) is 10.9. The Balaban J connectivity index is 1.48. The summed E-state index contributed by atoms with van der Waals surface area (Å²) in [6.07, 6.45) is 2.81. The summed E-state index contributed by atoms with van der Waals surface area (Å²) < 4.78 is 2.12. The topological polar surface area (TPSA) is 46.9 Å². The highest BCUT2D eigenvalue weighted by molar-refractivity contribution is 5.97. The molecule has 1 amide bonds. The van der Waals surface area contributed by atoms with Gasteiger partial charge in [0.15, 0.2) is 0 Å². The van der Waals surface area contributed by atoms with Crippen LogP contribution < -0.4 is 5.32 Å². The SMILES string of the molecule is CC(C)CC(C)NC(=O)c1ccc2c(c1)ncn2Cc1ccc(-c2ccccc2)cc1. The third-order valence-corrected chi connectivity index (χ3v) is 5.50. The van der Waals surface area contributed by atoms with Crippen molar-refractivity contribution in [3.63, 3.8) is 0 Å². The van der Waals surface area contributed by atoms with Gasteiger partial charge in [0.25, 0.3) is 5.91 Å². The van der Waals surface area contributed by atoms with Crippen molar-refractivity contribution in [3.05, 3.63) is 90.3 Å². The monoisotopic (exact) mass is 411 g/mol. The van der Waals surface area contributed by atoms with Gasteiger partial charge in [0.1, 0.15) is 0 Å². The number of nitrogens with zero attached hydrogens (tertiary/aromatic N) is 2. The van der Waals surface area contributed by atoms with Crippen LogP contribution in [-0.2, 0) is 6.54 Å². The Morgan fingerprint density at radius 1 is 0.935 bits per heavy atom. The summed E-state index contributed by atoms with van der Waals surface area (Å²) in [6, 6.07) is 24.9. The molecule has 4 nitrogen and oxygen atoms in total. The first-order chi connectivity index (χ1) is 15.0. The highest BCUT2D eigenvalue weighted by Gasteiger charge is 2.13. The number of hydrogen-bond acceptors (Lipinski definition) is 2. The lowest BCUT2D eigenvalue weighted by molar-refractivity contribution is 0.0936. The molecule has 1 atom stereocenters. The van der Waals surface area contributed by atoms with Crippen molar-refractivity contribution in [2.24, 2.45) is 5.92 Å². The van der Waals surface area contributed by atoms with E-state index in [0.717, 1.165) is 24.0 Å². The second-order valence-corrected chi connectivity index (χ2v) is 8.64. The number of nitrogens with one attached hydrogen (secondary N) is 1. The van der Waals surface area contributed by atoms with Gasteiger partial charge in [0.05, 0.1) is 17.4 Å². The van der Waals surface area contributed by atoms with Crippen molar-refractivity contribution < 1.29 is 4.79 Å². The molecule has 0 aliphatic rings. The lowest BCUT2D eigenvalue weighted by atomic mass is 10.0. The van der Waals surface area contributed by atoms with Crippen LogP contribution in [0.15, 0.2) is 79.1 Å². The molecule has 4 rings (SSSR count). The Morgan fingerprint density at radius 3 is 2.35 bits per heavy atom. The van der Waals surface area contributed by atoms with E-state index in [-0.39, 0.29) is 11.9 Å². The third-order valence-electron chi connectivity index (χ3n) is 5.50. The van der Waals surface area contributed by atoms with Crippen molar-refractivity contribution in [1.29, 1.82) is 0 Å². The minimum absolute atomic E-state index is 0.0406. The summed E-state index contributed by atoms with van der Waals surface area (Å²) in [5.74, 6) is 0.510. The smallest absolute Gasteiger partial charge is 0.251 e. The van der Waals surface area contributed by atoms with E-state index < -0.39 is 0 Å². The molecule has 0 aliphatic heterocycles. The number of rotatable bonds is 7. The number of carbonyl (C=O) groups is 1. The lowest BCUT2D eigenvalue weighted by Crippen LogP contribution is -2.33. The number of benzene rings is 3. The number of amides is 1. The third kappa shape index (κ3) is 5.02. The van der Waals surface area contributed by atoms with Crippen LogP contribution in [0.3, 0.4) is 0 Å². The van der Waals surface area contributed by atoms with Gasteiger partial charge < -0.3 is 9.88 Å². The van der Waals surface area contributed by atoms with E-state index in [1.165, 1.54) is 16.7 Å². The van der Waals surface area contributed by atoms with E-state index >= 15 is 0 Å². The maximum atomic E-state index is 12.6. The van der Waals surface area contributed by atoms with E-state index in [1.807, 2.05) is 37.5 Å². The lowest BCUT2D eigenvalue weighted by Gasteiger charge is -2.16. The van der Waals surface area contributed by atoms with Crippen LogP contribution in [-0.4, -0.2) is 21.5 Å². The number of fused-ring (bicyclic) bond motifs is 1. The molecule has 0 bridgehead atoms. The van der Waals surface area contributed by atoms with Crippen molar-refractivity contribution in [2.75, 3.05) is 0 Å². The van der Waals surface area contributed by atoms with Crippen molar-refractivity contribution >= 4 is 16.9 Å². The molecule has 3 aromatic carbocycles. The molecule has 1 heterocycles. The van der Waals surface area contributed by atoms with E-state index in [9.17, 15) is 4.79 Å². The van der Waals surface area contributed by atoms with Crippen LogP contribution >= 0.6 is 0 Å². The van der Waals surface area contributed by atoms with Crippen LogP contribution in [0.5, 0.6) is 0 Å². The molecule has 1 aromatic heterocycles. The zero-order valence-electron chi connectivity index (χ0n) is 18.4. The number of hydrogen-bond donors (Lipinski definition) is 1. The highest BCUT2D eigenvalue weighted by Crippen LogP contribution is 2.21. The van der Waals surface area contributed by atoms with Gasteiger partial charge in [-0.15, -0.1) is 0 Å². The molecule has 0 spiro atoms. The number of imidazole rings is 1. The van der Waals surface area contributed by atoms with Gasteiger partial charge in [-0.3, -0.25) is 4.79 Å². The fourth-order valence-electron chi connectivity index (χ4n) is 4.03. The summed E-state index contributed by atoms with van der Waals surface area (Å²) >= 11 is 0. The Hall–Kier alpha value is -3.40. The molecule has 1 unspecified atom stereocenters. The number of aromatic nitrogens is 2. The van der Waals surface area contributed by atoms with Gasteiger partial charge in [-0.05, 0) is 54.2 Å². The van der Waals surface area contributed by atoms with Crippen molar-refractivity contribution in [1.82, 2.24) is 14.9 Å². The summed E-state index contributed by atoms with van der Waals surface area (Å²) in [4.78, 5) is 17.1. The molecule has 0 saturated carbocycles. The Labute approximate surface area is 183 Å². The summed E-state index contributed by atoms with van der Waals surface area (Å²) in [7, 11) is 0. The standard InChI is InChI=1S/C27H29N3O/c1-19(2)15-20(3)29-27(31)24-13-14-26-25(16-24)28-18-30(26)17-21-9-11-23(12-10-21)22-7-5-4-6-8-22/h4-14,16,18-20H,15,17H2,1-3H3,(H,29,31). The average molecular weight is 412 g/mol. The first kappa shape index (κ1) is 20.9. The zero-order valence-corrected chi connectivity index (χ0v) is 18.4. The van der Waals surface area contributed by atoms with Crippen LogP contribution in [0.4, 0.5) is 0 Å². The van der Waals surface area contributed by atoms with E-state index in [1.54, 1.807) is 0 Å². The van der Waals surface area contributed by atoms with E-state index in [0.29, 0.717) is 11.5 Å². The fraction of sp³-hybridized carbons (Fsp3) is 0.259. The van der Waals surface area contributed by atoms with E-state index in [2.05, 4.69) is 77.2 Å². The predicted molar refractivity (Wildman–Crippen MR) is 127 cm³/mol. The highest BCUT2D eigenvalue weighted by atomic mass is 16.1. The maximum absolute atomic E-state index is 12.6. The van der Waals surface area contributed by atoms with Crippen LogP contribution in [0, 0.1) is 5.92 Å². The Kier molecular flexibility index (Phi) is 6.17. The fourth-order valence-corrected chi connectivity index (χ4v) is 4.03. The summed E-state index contributed by atoms with van der Waals surface area (Å²) in [6.45, 7) is 7.11. The van der Waals surface area contributed by atoms with E-state index in [4.69, 9.17) is 0 Å². The van der Waals surface area contributed by atoms with Gasteiger partial charge in [0, 0.05) is 18.2 Å².